The second-order valence-electron chi connectivity index (χ2n) is 8.16. The highest BCUT2D eigenvalue weighted by molar-refractivity contribution is 7.89. The van der Waals surface area contributed by atoms with Gasteiger partial charge in [0.15, 0.2) is 11.6 Å². The van der Waals surface area contributed by atoms with Crippen LogP contribution in [-0.4, -0.2) is 57.0 Å². The van der Waals surface area contributed by atoms with Crippen LogP contribution in [0.4, 0.5) is 13.2 Å². The summed E-state index contributed by atoms with van der Waals surface area (Å²) in [5.41, 5.74) is 1.31. The molecule has 0 saturated carbocycles. The monoisotopic (exact) mass is 524 g/mol. The third-order valence-corrected chi connectivity index (χ3v) is 8.27. The van der Waals surface area contributed by atoms with Crippen molar-refractivity contribution in [2.45, 2.75) is 11.0 Å². The minimum absolute atomic E-state index is 0.116. The van der Waals surface area contributed by atoms with Gasteiger partial charge in [-0.25, -0.2) is 21.6 Å². The van der Waals surface area contributed by atoms with Gasteiger partial charge in [0.05, 0.1) is 11.6 Å². The molecule has 0 unspecified atom stereocenters. The van der Waals surface area contributed by atoms with Gasteiger partial charge < -0.3 is 4.74 Å². The molecule has 3 aromatic carbocycles. The van der Waals surface area contributed by atoms with Crippen molar-refractivity contribution in [3.63, 3.8) is 0 Å². The molecular weight excluding hydrogens is 501 g/mol. The summed E-state index contributed by atoms with van der Waals surface area (Å²) in [4.78, 5) is 1.94. The molecule has 0 radical (unpaired) electrons. The van der Waals surface area contributed by atoms with Crippen molar-refractivity contribution < 1.29 is 26.3 Å². The van der Waals surface area contributed by atoms with Gasteiger partial charge in [-0.05, 0) is 41.5 Å². The lowest BCUT2D eigenvalue weighted by Gasteiger charge is -2.34. The van der Waals surface area contributed by atoms with Crippen LogP contribution < -0.4 is 0 Å². The van der Waals surface area contributed by atoms with E-state index >= 15 is 0 Å². The Kier molecular flexibility index (Phi) is 8.13. The normalized spacial score (nSPS) is 16.3. The van der Waals surface area contributed by atoms with E-state index in [2.05, 4.69) is 4.90 Å². The smallest absolute Gasteiger partial charge is 0.244 e. The van der Waals surface area contributed by atoms with Gasteiger partial charge in [-0.3, -0.25) is 4.90 Å². The Morgan fingerprint density at radius 2 is 1.57 bits per heavy atom. The first kappa shape index (κ1) is 25.7. The summed E-state index contributed by atoms with van der Waals surface area (Å²) in [5, 5.41) is -0.148. The lowest BCUT2D eigenvalue weighted by atomic mass is 10.0. The summed E-state index contributed by atoms with van der Waals surface area (Å²) in [6, 6.07) is 16.2. The topological polar surface area (TPSA) is 49.9 Å². The molecule has 0 aromatic heterocycles. The number of halogens is 4. The van der Waals surface area contributed by atoms with Crippen molar-refractivity contribution in [1.29, 1.82) is 0 Å². The van der Waals surface area contributed by atoms with Crippen LogP contribution in [0.3, 0.4) is 0 Å². The molecular formula is C25H24ClF3N2O3S. The quantitative estimate of drug-likeness (QED) is 0.422. The molecule has 0 N–H and O–H groups in total. The Balaban J connectivity index is 1.36. The highest BCUT2D eigenvalue weighted by Crippen LogP contribution is 2.28. The fraction of sp³-hybridized carbons (Fsp3) is 0.280. The van der Waals surface area contributed by atoms with Gasteiger partial charge in [-0.2, -0.15) is 4.31 Å². The number of hydrogen-bond donors (Lipinski definition) is 0. The molecule has 1 heterocycles. The first-order valence-corrected chi connectivity index (χ1v) is 12.9. The molecule has 186 valence electrons. The Hall–Kier alpha value is -2.43. The molecule has 0 spiro atoms. The van der Waals surface area contributed by atoms with Crippen molar-refractivity contribution in [3.05, 3.63) is 100 Å². The number of hydrogen-bond acceptors (Lipinski definition) is 4. The standard InChI is InChI=1S/C25H24ClF3N2O3S/c26-21-17-20(27)7-9-24(21)35(32,33)31-12-10-30(11-13-31)14-15-34-25(18-4-2-1-3-5-18)19-6-8-22(28)23(29)16-19/h1-9,16-17,25H,10-15H2/t25-/m0/s1. The summed E-state index contributed by atoms with van der Waals surface area (Å²) in [7, 11) is -3.84. The van der Waals surface area contributed by atoms with Crippen LogP contribution in [0.25, 0.3) is 0 Å². The van der Waals surface area contributed by atoms with Gasteiger partial charge >= 0.3 is 0 Å². The maximum atomic E-state index is 13.8. The van der Waals surface area contributed by atoms with Crippen LogP contribution in [0.15, 0.2) is 71.6 Å². The van der Waals surface area contributed by atoms with Gasteiger partial charge in [0.25, 0.3) is 0 Å². The Morgan fingerprint density at radius 3 is 2.23 bits per heavy atom. The van der Waals surface area contributed by atoms with E-state index in [0.29, 0.717) is 31.8 Å². The number of benzene rings is 3. The minimum atomic E-state index is -3.84. The van der Waals surface area contributed by atoms with Gasteiger partial charge in [0, 0.05) is 32.7 Å². The molecule has 1 aliphatic rings. The van der Waals surface area contributed by atoms with Crippen LogP contribution in [0.5, 0.6) is 0 Å². The molecule has 0 bridgehead atoms. The van der Waals surface area contributed by atoms with Crippen molar-refractivity contribution >= 4 is 21.6 Å². The third-order valence-electron chi connectivity index (χ3n) is 5.88. The molecule has 1 saturated heterocycles. The first-order chi connectivity index (χ1) is 16.8. The van der Waals surface area contributed by atoms with Crippen molar-refractivity contribution in [3.8, 4) is 0 Å². The number of rotatable bonds is 8. The molecule has 1 fully saturated rings. The minimum Gasteiger partial charge on any atom is -0.367 e. The second kappa shape index (κ2) is 11.1. The molecule has 1 aliphatic heterocycles. The molecule has 3 aromatic rings. The number of piperazine rings is 1. The number of ether oxygens (including phenoxy) is 1. The SMILES string of the molecule is O=S(=O)(c1ccc(F)cc1Cl)N1CCN(CCO[C@@H](c2ccccc2)c2ccc(F)c(F)c2)CC1. The van der Waals surface area contributed by atoms with Gasteiger partial charge in [-0.1, -0.05) is 48.0 Å². The van der Waals surface area contributed by atoms with E-state index in [1.807, 2.05) is 30.3 Å². The van der Waals surface area contributed by atoms with Crippen LogP contribution >= 0.6 is 11.6 Å². The molecule has 0 aliphatic carbocycles. The molecule has 35 heavy (non-hydrogen) atoms. The Bertz CT molecular complexity index is 1270. The van der Waals surface area contributed by atoms with E-state index in [0.717, 1.165) is 29.8 Å². The average Bonchev–Trinajstić information content (AvgIpc) is 2.84. The lowest BCUT2D eigenvalue weighted by Crippen LogP contribution is -2.49. The molecule has 5 nitrogen and oxygen atoms in total. The zero-order valence-electron chi connectivity index (χ0n) is 18.7. The fourth-order valence-electron chi connectivity index (χ4n) is 4.00. The van der Waals surface area contributed by atoms with E-state index in [1.165, 1.54) is 16.4 Å². The predicted molar refractivity (Wildman–Crippen MR) is 127 cm³/mol. The van der Waals surface area contributed by atoms with Crippen molar-refractivity contribution in [1.82, 2.24) is 9.21 Å². The summed E-state index contributed by atoms with van der Waals surface area (Å²) in [6.45, 7) is 2.28. The van der Waals surface area contributed by atoms with Crippen LogP contribution in [0, 0.1) is 17.5 Å². The summed E-state index contributed by atoms with van der Waals surface area (Å²) in [6.07, 6.45) is -0.575. The summed E-state index contributed by atoms with van der Waals surface area (Å²) in [5.74, 6) is -2.46. The summed E-state index contributed by atoms with van der Waals surface area (Å²) >= 11 is 5.96. The van der Waals surface area contributed by atoms with Crippen LogP contribution in [0.1, 0.15) is 17.2 Å². The van der Waals surface area contributed by atoms with Crippen LogP contribution in [-0.2, 0) is 14.8 Å². The van der Waals surface area contributed by atoms with E-state index in [-0.39, 0.29) is 23.0 Å². The second-order valence-corrected chi connectivity index (χ2v) is 10.5. The molecule has 4 rings (SSSR count). The third kappa shape index (κ3) is 6.05. The van der Waals surface area contributed by atoms with E-state index in [4.69, 9.17) is 16.3 Å². The first-order valence-electron chi connectivity index (χ1n) is 11.0. The zero-order chi connectivity index (χ0) is 25.0. The predicted octanol–water partition coefficient (Wildman–Crippen LogP) is 4.87. The Morgan fingerprint density at radius 1 is 0.857 bits per heavy atom. The zero-order valence-corrected chi connectivity index (χ0v) is 20.3. The molecule has 10 heteroatoms. The van der Waals surface area contributed by atoms with Crippen molar-refractivity contribution in [2.24, 2.45) is 0 Å². The molecule has 1 atom stereocenters. The fourth-order valence-corrected chi connectivity index (χ4v) is 5.93. The highest BCUT2D eigenvalue weighted by Gasteiger charge is 2.30. The maximum Gasteiger partial charge on any atom is 0.244 e. The largest absolute Gasteiger partial charge is 0.367 e. The van der Waals surface area contributed by atoms with Crippen LogP contribution in [0.2, 0.25) is 5.02 Å². The summed E-state index contributed by atoms with van der Waals surface area (Å²) < 4.78 is 73.8. The lowest BCUT2D eigenvalue weighted by molar-refractivity contribution is 0.0525. The van der Waals surface area contributed by atoms with E-state index < -0.39 is 33.6 Å². The Labute approximate surface area is 207 Å². The van der Waals surface area contributed by atoms with Crippen molar-refractivity contribution in [2.75, 3.05) is 39.3 Å². The number of sulfonamides is 1. The molecule has 0 amide bonds. The van der Waals surface area contributed by atoms with Gasteiger partial charge in [-0.15, -0.1) is 0 Å². The van der Waals surface area contributed by atoms with Gasteiger partial charge in [0.1, 0.15) is 16.8 Å². The average molecular weight is 525 g/mol. The number of nitrogens with zero attached hydrogens (tertiary/aromatic N) is 2. The van der Waals surface area contributed by atoms with Gasteiger partial charge in [0.2, 0.25) is 10.0 Å². The van der Waals surface area contributed by atoms with E-state index in [1.54, 1.807) is 0 Å². The maximum absolute atomic E-state index is 13.8. The van der Waals surface area contributed by atoms with E-state index in [9.17, 15) is 21.6 Å². The highest BCUT2D eigenvalue weighted by atomic mass is 35.5.